The fraction of sp³-hybridized carbons (Fsp3) is 0.538. The highest BCUT2D eigenvalue weighted by atomic mass is 79.9. The number of nitrogens with one attached hydrogen (secondary N) is 1. The van der Waals surface area contributed by atoms with Gasteiger partial charge >= 0.3 is 0 Å². The Kier molecular flexibility index (Phi) is 6.32. The van der Waals surface area contributed by atoms with E-state index in [0.717, 1.165) is 12.0 Å². The molecule has 0 aliphatic rings. The molecule has 0 fully saturated rings. The molecule has 5 heteroatoms. The molecule has 0 spiro atoms. The van der Waals surface area contributed by atoms with Crippen molar-refractivity contribution in [3.05, 3.63) is 35.9 Å². The van der Waals surface area contributed by atoms with Crippen LogP contribution in [0.2, 0.25) is 0 Å². The van der Waals surface area contributed by atoms with Gasteiger partial charge in [-0.2, -0.15) is 0 Å². The van der Waals surface area contributed by atoms with Crippen molar-refractivity contribution in [2.45, 2.75) is 31.0 Å². The third-order valence-corrected chi connectivity index (χ3v) is 5.32. The van der Waals surface area contributed by atoms with Crippen molar-refractivity contribution in [2.75, 3.05) is 12.3 Å². The lowest BCUT2D eigenvalue weighted by Crippen LogP contribution is -2.32. The average molecular weight is 334 g/mol. The number of rotatable bonds is 7. The standard InChI is InChI=1S/C13H20BrNO2S/c1-3-13(14)9-15-18(16,17)10-11(2)12-7-5-4-6-8-12/h4-8,11,13,15H,3,9-10H2,1-2H3. The van der Waals surface area contributed by atoms with Crippen molar-refractivity contribution < 1.29 is 8.42 Å². The van der Waals surface area contributed by atoms with Gasteiger partial charge in [-0.15, -0.1) is 0 Å². The van der Waals surface area contributed by atoms with Gasteiger partial charge in [0.15, 0.2) is 0 Å². The molecule has 102 valence electrons. The van der Waals surface area contributed by atoms with Crippen LogP contribution < -0.4 is 4.72 Å². The first-order valence-corrected chi connectivity index (χ1v) is 8.67. The Morgan fingerprint density at radius 1 is 1.28 bits per heavy atom. The van der Waals surface area contributed by atoms with Gasteiger partial charge in [0.2, 0.25) is 10.0 Å². The maximum Gasteiger partial charge on any atom is 0.212 e. The van der Waals surface area contributed by atoms with Crippen LogP contribution in [0.4, 0.5) is 0 Å². The molecule has 1 aromatic carbocycles. The third-order valence-electron chi connectivity index (χ3n) is 2.81. The van der Waals surface area contributed by atoms with Crippen LogP contribution in [0, 0.1) is 0 Å². The lowest BCUT2D eigenvalue weighted by Gasteiger charge is -2.14. The molecule has 3 nitrogen and oxygen atoms in total. The topological polar surface area (TPSA) is 46.2 Å². The summed E-state index contributed by atoms with van der Waals surface area (Å²) in [7, 11) is -3.21. The fourth-order valence-electron chi connectivity index (χ4n) is 1.63. The van der Waals surface area contributed by atoms with Gasteiger partial charge in [-0.05, 0) is 17.9 Å². The maximum absolute atomic E-state index is 11.9. The molecule has 0 saturated heterocycles. The SMILES string of the molecule is CCC(Br)CNS(=O)(=O)CC(C)c1ccccc1. The molecule has 0 saturated carbocycles. The third kappa shape index (κ3) is 5.50. The predicted octanol–water partition coefficient (Wildman–Crippen LogP) is 2.88. The summed E-state index contributed by atoms with van der Waals surface area (Å²) in [4.78, 5) is 0.194. The first-order chi connectivity index (χ1) is 8.44. The highest BCUT2D eigenvalue weighted by Gasteiger charge is 2.17. The minimum absolute atomic E-state index is 0.000831. The molecular formula is C13H20BrNO2S. The second-order valence-electron chi connectivity index (χ2n) is 4.45. The van der Waals surface area contributed by atoms with E-state index >= 15 is 0 Å². The van der Waals surface area contributed by atoms with E-state index in [1.54, 1.807) is 0 Å². The summed E-state index contributed by atoms with van der Waals surface area (Å²) < 4.78 is 26.4. The molecule has 2 atom stereocenters. The molecule has 0 heterocycles. The van der Waals surface area contributed by atoms with Crippen LogP contribution in [0.5, 0.6) is 0 Å². The molecular weight excluding hydrogens is 314 g/mol. The van der Waals surface area contributed by atoms with Gasteiger partial charge in [-0.25, -0.2) is 13.1 Å². The summed E-state index contributed by atoms with van der Waals surface area (Å²) >= 11 is 3.41. The lowest BCUT2D eigenvalue weighted by molar-refractivity contribution is 0.574. The van der Waals surface area contributed by atoms with E-state index in [2.05, 4.69) is 20.7 Å². The van der Waals surface area contributed by atoms with Gasteiger partial charge in [0.1, 0.15) is 0 Å². The summed E-state index contributed by atoms with van der Waals surface area (Å²) in [6, 6.07) is 9.70. The van der Waals surface area contributed by atoms with Crippen LogP contribution in [0.15, 0.2) is 30.3 Å². The zero-order chi connectivity index (χ0) is 13.6. The molecule has 1 N–H and O–H groups in total. The van der Waals surface area contributed by atoms with E-state index < -0.39 is 10.0 Å². The molecule has 0 amide bonds. The molecule has 2 unspecified atom stereocenters. The first kappa shape index (κ1) is 15.7. The molecule has 0 aromatic heterocycles. The average Bonchev–Trinajstić information content (AvgIpc) is 2.36. The van der Waals surface area contributed by atoms with Crippen molar-refractivity contribution in [1.82, 2.24) is 4.72 Å². The summed E-state index contributed by atoms with van der Waals surface area (Å²) in [5.41, 5.74) is 1.05. The van der Waals surface area contributed by atoms with Gasteiger partial charge in [0.25, 0.3) is 0 Å². The van der Waals surface area contributed by atoms with E-state index in [1.807, 2.05) is 44.2 Å². The highest BCUT2D eigenvalue weighted by molar-refractivity contribution is 9.09. The Balaban J connectivity index is 2.55. The molecule has 0 radical (unpaired) electrons. The number of sulfonamides is 1. The van der Waals surface area contributed by atoms with Crippen LogP contribution in [0.3, 0.4) is 0 Å². The Labute approximate surface area is 118 Å². The number of hydrogen-bond acceptors (Lipinski definition) is 2. The fourth-order valence-corrected chi connectivity index (χ4v) is 3.43. The van der Waals surface area contributed by atoms with Gasteiger partial charge in [-0.3, -0.25) is 0 Å². The summed E-state index contributed by atoms with van der Waals surface area (Å²) in [6.45, 7) is 4.39. The molecule has 0 aliphatic carbocycles. The molecule has 1 rings (SSSR count). The minimum atomic E-state index is -3.21. The molecule has 0 bridgehead atoms. The van der Waals surface area contributed by atoms with Crippen molar-refractivity contribution in [1.29, 1.82) is 0 Å². The van der Waals surface area contributed by atoms with Crippen molar-refractivity contribution in [3.8, 4) is 0 Å². The Hall–Kier alpha value is -0.390. The molecule has 1 aromatic rings. The van der Waals surface area contributed by atoms with Crippen LogP contribution in [0.25, 0.3) is 0 Å². The van der Waals surface area contributed by atoms with Crippen LogP contribution >= 0.6 is 15.9 Å². The number of halogens is 1. The summed E-state index contributed by atoms with van der Waals surface area (Å²) in [5, 5.41) is 0. The quantitative estimate of drug-likeness (QED) is 0.780. The van der Waals surface area contributed by atoms with Crippen LogP contribution in [-0.4, -0.2) is 25.5 Å². The van der Waals surface area contributed by atoms with Gasteiger partial charge < -0.3 is 0 Å². The van der Waals surface area contributed by atoms with Crippen LogP contribution in [-0.2, 0) is 10.0 Å². The Morgan fingerprint density at radius 2 is 1.89 bits per heavy atom. The second-order valence-corrected chi connectivity index (χ2v) is 7.59. The van der Waals surface area contributed by atoms with E-state index in [-0.39, 0.29) is 16.5 Å². The number of alkyl halides is 1. The largest absolute Gasteiger partial charge is 0.214 e. The Bertz CT molecular complexity index is 447. The highest BCUT2D eigenvalue weighted by Crippen LogP contribution is 2.16. The monoisotopic (exact) mass is 333 g/mol. The zero-order valence-electron chi connectivity index (χ0n) is 10.8. The number of hydrogen-bond donors (Lipinski definition) is 1. The van der Waals surface area contributed by atoms with E-state index in [9.17, 15) is 8.42 Å². The number of benzene rings is 1. The maximum atomic E-state index is 11.9. The van der Waals surface area contributed by atoms with Gasteiger partial charge in [0, 0.05) is 11.4 Å². The normalized spacial score (nSPS) is 15.3. The van der Waals surface area contributed by atoms with Crippen molar-refractivity contribution >= 4 is 26.0 Å². The van der Waals surface area contributed by atoms with Gasteiger partial charge in [-0.1, -0.05) is 60.1 Å². The molecule has 0 aliphatic heterocycles. The van der Waals surface area contributed by atoms with E-state index in [0.29, 0.717) is 6.54 Å². The zero-order valence-corrected chi connectivity index (χ0v) is 13.2. The van der Waals surface area contributed by atoms with Crippen LogP contribution in [0.1, 0.15) is 31.7 Å². The predicted molar refractivity (Wildman–Crippen MR) is 79.7 cm³/mol. The van der Waals surface area contributed by atoms with E-state index in [1.165, 1.54) is 0 Å². The lowest BCUT2D eigenvalue weighted by atomic mass is 10.0. The van der Waals surface area contributed by atoms with Crippen molar-refractivity contribution in [2.24, 2.45) is 0 Å². The molecule has 18 heavy (non-hydrogen) atoms. The summed E-state index contributed by atoms with van der Waals surface area (Å²) in [5.74, 6) is 0.125. The Morgan fingerprint density at radius 3 is 2.44 bits per heavy atom. The minimum Gasteiger partial charge on any atom is -0.214 e. The van der Waals surface area contributed by atoms with Gasteiger partial charge in [0.05, 0.1) is 5.75 Å². The second kappa shape index (κ2) is 7.26. The first-order valence-electron chi connectivity index (χ1n) is 6.11. The van der Waals surface area contributed by atoms with E-state index in [4.69, 9.17) is 0 Å². The van der Waals surface area contributed by atoms with Crippen molar-refractivity contribution in [3.63, 3.8) is 0 Å². The summed E-state index contributed by atoms with van der Waals surface area (Å²) in [6.07, 6.45) is 0.900. The smallest absolute Gasteiger partial charge is 0.212 e.